The van der Waals surface area contributed by atoms with Gasteiger partial charge in [0.1, 0.15) is 0 Å². The first-order valence-electron chi connectivity index (χ1n) is 9.59. The van der Waals surface area contributed by atoms with Crippen molar-refractivity contribution < 1.29 is 22.5 Å². The van der Waals surface area contributed by atoms with Gasteiger partial charge in [-0.2, -0.15) is 13.2 Å². The summed E-state index contributed by atoms with van der Waals surface area (Å²) in [7, 11) is 0. The molecule has 4 rings (SSSR count). The molecule has 3 aromatic rings. The largest absolute Gasteiger partial charge is 0.417 e. The minimum Gasteiger partial charge on any atom is -0.339 e. The summed E-state index contributed by atoms with van der Waals surface area (Å²) in [5.41, 5.74) is -0.0315. The SMILES string of the molecule is Cc1noc2nc(-c3ccccc3C(F)(F)F)cc(C(=O)N3CCCCCC3)c12. The van der Waals surface area contributed by atoms with Gasteiger partial charge >= 0.3 is 6.18 Å². The Morgan fingerprint density at radius 3 is 2.48 bits per heavy atom. The van der Waals surface area contributed by atoms with E-state index in [0.29, 0.717) is 24.2 Å². The zero-order chi connectivity index (χ0) is 20.6. The van der Waals surface area contributed by atoms with Crippen LogP contribution in [0.2, 0.25) is 0 Å². The highest BCUT2D eigenvalue weighted by atomic mass is 19.4. The van der Waals surface area contributed by atoms with Crippen molar-refractivity contribution in [3.8, 4) is 11.3 Å². The molecular formula is C21H20F3N3O2. The molecule has 3 heterocycles. The van der Waals surface area contributed by atoms with Crippen LogP contribution in [-0.4, -0.2) is 34.0 Å². The van der Waals surface area contributed by atoms with Crippen LogP contribution in [0.15, 0.2) is 34.9 Å². The van der Waals surface area contributed by atoms with Crippen molar-refractivity contribution in [3.63, 3.8) is 0 Å². The molecule has 1 aromatic carbocycles. The van der Waals surface area contributed by atoms with E-state index in [9.17, 15) is 18.0 Å². The molecule has 2 aromatic heterocycles. The van der Waals surface area contributed by atoms with E-state index in [2.05, 4.69) is 10.1 Å². The molecule has 8 heteroatoms. The minimum atomic E-state index is -4.54. The Morgan fingerprint density at radius 1 is 1.10 bits per heavy atom. The average Bonchev–Trinajstić information content (AvgIpc) is 2.91. The molecule has 1 fully saturated rings. The molecule has 0 N–H and O–H groups in total. The van der Waals surface area contributed by atoms with Crippen LogP contribution in [0.1, 0.15) is 47.3 Å². The summed E-state index contributed by atoms with van der Waals surface area (Å²) < 4.78 is 45.8. The third-order valence-electron chi connectivity index (χ3n) is 5.25. The number of aryl methyl sites for hydroxylation is 1. The van der Waals surface area contributed by atoms with Gasteiger partial charge in [0.25, 0.3) is 11.6 Å². The molecule has 0 unspecified atom stereocenters. The van der Waals surface area contributed by atoms with Gasteiger partial charge in [-0.15, -0.1) is 0 Å². The van der Waals surface area contributed by atoms with E-state index in [4.69, 9.17) is 4.52 Å². The number of benzene rings is 1. The molecule has 152 valence electrons. The van der Waals surface area contributed by atoms with Crippen molar-refractivity contribution in [2.24, 2.45) is 0 Å². The number of likely N-dealkylation sites (tertiary alicyclic amines) is 1. The first-order chi connectivity index (χ1) is 13.9. The smallest absolute Gasteiger partial charge is 0.339 e. The van der Waals surface area contributed by atoms with Gasteiger partial charge in [0.15, 0.2) is 0 Å². The molecule has 0 bridgehead atoms. The lowest BCUT2D eigenvalue weighted by atomic mass is 10.00. The third-order valence-corrected chi connectivity index (χ3v) is 5.25. The predicted octanol–water partition coefficient (Wildman–Crippen LogP) is 5.23. The number of aromatic nitrogens is 2. The topological polar surface area (TPSA) is 59.2 Å². The first-order valence-corrected chi connectivity index (χ1v) is 9.59. The summed E-state index contributed by atoms with van der Waals surface area (Å²) in [6.07, 6.45) is -0.601. The number of amides is 1. The van der Waals surface area contributed by atoms with Crippen molar-refractivity contribution in [2.45, 2.75) is 38.8 Å². The summed E-state index contributed by atoms with van der Waals surface area (Å²) in [6.45, 7) is 2.94. The summed E-state index contributed by atoms with van der Waals surface area (Å²) in [4.78, 5) is 19.3. The molecule has 1 amide bonds. The Kier molecular flexibility index (Phi) is 5.02. The Labute approximate surface area is 165 Å². The fourth-order valence-corrected chi connectivity index (χ4v) is 3.80. The predicted molar refractivity (Wildman–Crippen MR) is 101 cm³/mol. The van der Waals surface area contributed by atoms with Gasteiger partial charge in [-0.3, -0.25) is 4.79 Å². The molecule has 29 heavy (non-hydrogen) atoms. The summed E-state index contributed by atoms with van der Waals surface area (Å²) in [5.74, 6) is -0.226. The molecule has 0 saturated carbocycles. The van der Waals surface area contributed by atoms with Crippen molar-refractivity contribution in [3.05, 3.63) is 47.2 Å². The van der Waals surface area contributed by atoms with Gasteiger partial charge in [0, 0.05) is 18.7 Å². The number of hydrogen-bond acceptors (Lipinski definition) is 4. The molecule has 1 saturated heterocycles. The number of alkyl halides is 3. The van der Waals surface area contributed by atoms with Gasteiger partial charge in [0.2, 0.25) is 0 Å². The Morgan fingerprint density at radius 2 is 1.79 bits per heavy atom. The number of carbonyl (C=O) groups is 1. The van der Waals surface area contributed by atoms with Crippen LogP contribution in [0.3, 0.4) is 0 Å². The molecule has 0 aliphatic carbocycles. The Bertz CT molecular complexity index is 1050. The molecule has 1 aliphatic rings. The monoisotopic (exact) mass is 403 g/mol. The van der Waals surface area contributed by atoms with Gasteiger partial charge in [0.05, 0.1) is 27.9 Å². The maximum Gasteiger partial charge on any atom is 0.417 e. The Balaban J connectivity index is 1.88. The van der Waals surface area contributed by atoms with Gasteiger partial charge in [-0.1, -0.05) is 36.2 Å². The van der Waals surface area contributed by atoms with Crippen LogP contribution >= 0.6 is 0 Å². The van der Waals surface area contributed by atoms with E-state index < -0.39 is 11.7 Å². The van der Waals surface area contributed by atoms with E-state index in [-0.39, 0.29) is 28.4 Å². The van der Waals surface area contributed by atoms with E-state index in [1.807, 2.05) is 0 Å². The van der Waals surface area contributed by atoms with Gasteiger partial charge < -0.3 is 9.42 Å². The highest BCUT2D eigenvalue weighted by Gasteiger charge is 2.34. The van der Waals surface area contributed by atoms with Crippen LogP contribution < -0.4 is 0 Å². The second-order valence-corrected chi connectivity index (χ2v) is 7.25. The number of fused-ring (bicyclic) bond motifs is 1. The van der Waals surface area contributed by atoms with Gasteiger partial charge in [-0.05, 0) is 31.9 Å². The second kappa shape index (κ2) is 7.50. The molecule has 5 nitrogen and oxygen atoms in total. The fraction of sp³-hybridized carbons (Fsp3) is 0.381. The normalized spacial score (nSPS) is 15.5. The zero-order valence-electron chi connectivity index (χ0n) is 15.9. The molecule has 0 spiro atoms. The first kappa shape index (κ1) is 19.4. The van der Waals surface area contributed by atoms with Crippen LogP contribution in [-0.2, 0) is 6.18 Å². The second-order valence-electron chi connectivity index (χ2n) is 7.25. The highest BCUT2D eigenvalue weighted by Crippen LogP contribution is 2.37. The third kappa shape index (κ3) is 3.71. The van der Waals surface area contributed by atoms with Crippen LogP contribution in [0.25, 0.3) is 22.4 Å². The average molecular weight is 403 g/mol. The van der Waals surface area contributed by atoms with Gasteiger partial charge in [-0.25, -0.2) is 4.98 Å². The number of carbonyl (C=O) groups excluding carboxylic acids is 1. The maximum absolute atomic E-state index is 13.5. The number of hydrogen-bond donors (Lipinski definition) is 0. The number of rotatable bonds is 2. The summed E-state index contributed by atoms with van der Waals surface area (Å²) in [5, 5.41) is 4.33. The summed E-state index contributed by atoms with van der Waals surface area (Å²) >= 11 is 0. The van der Waals surface area contributed by atoms with E-state index in [0.717, 1.165) is 31.7 Å². The Hall–Kier alpha value is -2.90. The van der Waals surface area contributed by atoms with Crippen LogP contribution in [0.4, 0.5) is 13.2 Å². The van der Waals surface area contributed by atoms with E-state index in [1.165, 1.54) is 24.3 Å². The molecule has 0 radical (unpaired) electrons. The minimum absolute atomic E-state index is 0.0414. The van der Waals surface area contributed by atoms with Crippen LogP contribution in [0.5, 0.6) is 0 Å². The highest BCUT2D eigenvalue weighted by molar-refractivity contribution is 6.07. The zero-order valence-corrected chi connectivity index (χ0v) is 15.9. The van der Waals surface area contributed by atoms with E-state index in [1.54, 1.807) is 11.8 Å². The maximum atomic E-state index is 13.5. The summed E-state index contributed by atoms with van der Waals surface area (Å²) in [6, 6.07) is 6.62. The lowest BCUT2D eigenvalue weighted by molar-refractivity contribution is -0.137. The standard InChI is InChI=1S/C21H20F3N3O2/c1-13-18-15(20(28)27-10-6-2-3-7-11-27)12-17(25-19(18)29-26-13)14-8-4-5-9-16(14)21(22,23)24/h4-5,8-9,12H,2-3,6-7,10-11H2,1H3. The molecule has 1 aliphatic heterocycles. The lowest BCUT2D eigenvalue weighted by Gasteiger charge is -2.21. The number of pyridine rings is 1. The molecule has 0 atom stereocenters. The van der Waals surface area contributed by atoms with Crippen LogP contribution in [0, 0.1) is 6.92 Å². The van der Waals surface area contributed by atoms with Crippen molar-refractivity contribution in [1.82, 2.24) is 15.0 Å². The number of nitrogens with zero attached hydrogens (tertiary/aromatic N) is 3. The van der Waals surface area contributed by atoms with E-state index >= 15 is 0 Å². The molecular weight excluding hydrogens is 383 g/mol. The number of halogens is 3. The lowest BCUT2D eigenvalue weighted by Crippen LogP contribution is -2.32. The van der Waals surface area contributed by atoms with Crippen molar-refractivity contribution in [2.75, 3.05) is 13.1 Å². The van der Waals surface area contributed by atoms with Crippen molar-refractivity contribution >= 4 is 17.0 Å². The van der Waals surface area contributed by atoms with Crippen molar-refractivity contribution in [1.29, 1.82) is 0 Å². The fourth-order valence-electron chi connectivity index (χ4n) is 3.80. The quantitative estimate of drug-likeness (QED) is 0.588.